The van der Waals surface area contributed by atoms with Gasteiger partial charge in [-0.2, -0.15) is 0 Å². The van der Waals surface area contributed by atoms with Gasteiger partial charge in [0, 0.05) is 10.8 Å². The molecule has 45 heavy (non-hydrogen) atoms. The lowest BCUT2D eigenvalue weighted by molar-refractivity contribution is 0.669. The van der Waals surface area contributed by atoms with Gasteiger partial charge < -0.3 is 4.42 Å². The van der Waals surface area contributed by atoms with E-state index in [9.17, 15) is 8.22 Å². The molecule has 0 aliphatic heterocycles. The maximum absolute atomic E-state index is 9.51. The van der Waals surface area contributed by atoms with Crippen molar-refractivity contribution in [2.75, 3.05) is 0 Å². The van der Waals surface area contributed by atoms with Gasteiger partial charge in [-0.3, -0.25) is 0 Å². The molecule has 0 saturated carbocycles. The second-order valence-electron chi connectivity index (χ2n) is 10.00. The van der Waals surface area contributed by atoms with Crippen LogP contribution >= 0.6 is 0 Å². The molecule has 9 rings (SSSR count). The van der Waals surface area contributed by atoms with Crippen molar-refractivity contribution in [3.63, 3.8) is 0 Å². The van der Waals surface area contributed by atoms with Crippen molar-refractivity contribution >= 4 is 43.5 Å². The van der Waals surface area contributed by atoms with E-state index in [-0.39, 0.29) is 38.8 Å². The lowest BCUT2D eigenvalue weighted by Crippen LogP contribution is -1.93. The molecular formula is C44H28O. The van der Waals surface area contributed by atoms with Gasteiger partial charge in [0.05, 0.1) is 30.2 Å². The van der Waals surface area contributed by atoms with Crippen LogP contribution in [0.25, 0.3) is 88.0 Å². The van der Waals surface area contributed by atoms with E-state index < -0.39 is 177 Å². The van der Waals surface area contributed by atoms with E-state index in [2.05, 4.69) is 0 Å². The lowest BCUT2D eigenvalue weighted by atomic mass is 9.83. The minimum atomic E-state index is -0.954. The van der Waals surface area contributed by atoms with Crippen LogP contribution in [0.1, 0.15) is 30.2 Å². The van der Waals surface area contributed by atoms with Crippen LogP contribution in [0.15, 0.2) is 174 Å². The highest BCUT2D eigenvalue weighted by Crippen LogP contribution is 2.48. The third-order valence-electron chi connectivity index (χ3n) is 7.60. The minimum absolute atomic E-state index is 0.0215. The molecule has 0 unspecified atom stereocenters. The summed E-state index contributed by atoms with van der Waals surface area (Å²) < 4.78 is 202. The summed E-state index contributed by atoms with van der Waals surface area (Å²) in [4.78, 5) is 0. The molecule has 1 heterocycles. The number of rotatable bonds is 4. The van der Waals surface area contributed by atoms with Crippen LogP contribution in [0, 0.1) is 0 Å². The minimum Gasteiger partial charge on any atom is -0.456 e. The number of fused-ring (bicyclic) bond motifs is 5. The van der Waals surface area contributed by atoms with Gasteiger partial charge in [-0.1, -0.05) is 151 Å². The summed E-state index contributed by atoms with van der Waals surface area (Å²) in [6, 6.07) is -8.95. The molecule has 0 atom stereocenters. The quantitative estimate of drug-likeness (QED) is 0.185. The van der Waals surface area contributed by atoms with Crippen LogP contribution in [-0.2, 0) is 0 Å². The summed E-state index contributed by atoms with van der Waals surface area (Å²) in [5.74, 6) is 0. The Bertz CT molecular complexity index is 3640. The largest absolute Gasteiger partial charge is 0.456 e. The maximum Gasteiger partial charge on any atom is 0.136 e. The first kappa shape index (κ1) is 11.9. The standard InChI is InChI=1S/C44H28O/c1-3-15-29(16-4-1)32-19-7-8-20-33(32)43-36-23-11-9-21-34(36)42(35-22-10-12-24-37(35)43)31-27-39(30-17-5-2-6-18-30)44-38-25-13-14-26-40(38)45-41(44)28-31/h1-28H/i1D,2D,3D,4D,5D,6D,7D,8D,9D,10D,11D,12D,15D,16D,17D,18D,19D,20D,21D,22D,23D,24D. The molecule has 0 aliphatic carbocycles. The predicted octanol–water partition coefficient (Wildman–Crippen LogP) is 12.6. The molecule has 1 heteroatoms. The third kappa shape index (κ3) is 4.09. The summed E-state index contributed by atoms with van der Waals surface area (Å²) in [5.41, 5.74) is -3.23. The van der Waals surface area contributed by atoms with Crippen LogP contribution in [0.4, 0.5) is 0 Å². The SMILES string of the molecule is [2H]c1c([2H])c([2H])c(-c2c([2H])c([2H])c([2H])c([2H])c2-c2c3c([2H])c([2H])c([2H])c([2H])c3c(-c3cc(-c4c([2H])c([2H])c([2H])c([2H])c4[2H])c4c(c3)oc3ccccc34)c3c([2H])c([2H])c([2H])c([2H])c23)c([2H])c1[2H]. The van der Waals surface area contributed by atoms with E-state index in [4.69, 9.17) is 26.3 Å². The Labute approximate surface area is 292 Å². The van der Waals surface area contributed by atoms with Gasteiger partial charge in [-0.25, -0.2) is 0 Å². The zero-order valence-electron chi connectivity index (χ0n) is 44.9. The van der Waals surface area contributed by atoms with Gasteiger partial charge in [-0.15, -0.1) is 0 Å². The number of furan rings is 1. The fourth-order valence-electron chi connectivity index (χ4n) is 5.81. The molecule has 1 nitrogen and oxygen atoms in total. The first-order valence-electron chi connectivity index (χ1n) is 24.6. The maximum atomic E-state index is 9.51. The Hall–Kier alpha value is -5.92. The number of benzene rings is 8. The van der Waals surface area contributed by atoms with Crippen molar-refractivity contribution in [3.8, 4) is 44.5 Å². The summed E-state index contributed by atoms with van der Waals surface area (Å²) in [6.07, 6.45) is 0. The van der Waals surface area contributed by atoms with Crippen molar-refractivity contribution in [2.24, 2.45) is 0 Å². The van der Waals surface area contributed by atoms with Gasteiger partial charge in [0.2, 0.25) is 0 Å². The zero-order valence-corrected chi connectivity index (χ0v) is 22.9. The molecular weight excluding hydrogens is 544 g/mol. The van der Waals surface area contributed by atoms with Crippen molar-refractivity contribution in [1.82, 2.24) is 0 Å². The van der Waals surface area contributed by atoms with E-state index in [1.54, 1.807) is 24.3 Å². The second-order valence-corrected chi connectivity index (χ2v) is 10.00. The van der Waals surface area contributed by atoms with Gasteiger partial charge in [0.1, 0.15) is 11.2 Å². The highest BCUT2D eigenvalue weighted by molar-refractivity contribution is 6.23. The summed E-state index contributed by atoms with van der Waals surface area (Å²) in [6.45, 7) is 0. The second kappa shape index (κ2) is 10.4. The molecule has 0 aliphatic rings. The average Bonchev–Trinajstić information content (AvgIpc) is 3.70. The molecule has 9 aromatic rings. The molecule has 0 bridgehead atoms. The first-order chi connectivity index (χ1) is 31.5. The normalized spacial score (nSPS) is 18.4. The Morgan fingerprint density at radius 3 is 1.53 bits per heavy atom. The van der Waals surface area contributed by atoms with Gasteiger partial charge >= 0.3 is 0 Å². The highest BCUT2D eigenvalue weighted by atomic mass is 16.3. The molecule has 0 amide bonds. The fraction of sp³-hybridized carbons (Fsp3) is 0. The summed E-state index contributed by atoms with van der Waals surface area (Å²) >= 11 is 0. The summed E-state index contributed by atoms with van der Waals surface area (Å²) in [7, 11) is 0. The monoisotopic (exact) mass is 594 g/mol. The van der Waals surface area contributed by atoms with Crippen LogP contribution < -0.4 is 0 Å². The molecule has 8 aromatic carbocycles. The van der Waals surface area contributed by atoms with Crippen LogP contribution in [0.5, 0.6) is 0 Å². The molecule has 210 valence electrons. The van der Waals surface area contributed by atoms with Gasteiger partial charge in [0.25, 0.3) is 0 Å². The zero-order chi connectivity index (χ0) is 48.9. The molecule has 0 saturated heterocycles. The molecule has 0 spiro atoms. The van der Waals surface area contributed by atoms with Crippen LogP contribution in [0.2, 0.25) is 0 Å². The average molecular weight is 595 g/mol. The van der Waals surface area contributed by atoms with E-state index in [1.807, 2.05) is 0 Å². The topological polar surface area (TPSA) is 13.1 Å². The van der Waals surface area contributed by atoms with E-state index in [1.165, 1.54) is 12.1 Å². The van der Waals surface area contributed by atoms with E-state index in [0.717, 1.165) is 0 Å². The van der Waals surface area contributed by atoms with Crippen molar-refractivity contribution in [3.05, 3.63) is 169 Å². The molecule has 0 N–H and O–H groups in total. The molecule has 1 aromatic heterocycles. The Morgan fingerprint density at radius 2 is 0.889 bits per heavy atom. The van der Waals surface area contributed by atoms with E-state index in [0.29, 0.717) is 5.39 Å². The van der Waals surface area contributed by atoms with Crippen molar-refractivity contribution in [2.45, 2.75) is 0 Å². The number of para-hydroxylation sites is 1. The highest BCUT2D eigenvalue weighted by Gasteiger charge is 2.21. The Balaban J connectivity index is 1.62. The lowest BCUT2D eigenvalue weighted by Gasteiger charge is -2.20. The molecule has 0 fully saturated rings. The summed E-state index contributed by atoms with van der Waals surface area (Å²) in [5, 5.41) is -1.37. The Morgan fingerprint density at radius 1 is 0.378 bits per heavy atom. The number of hydrogen-bond acceptors (Lipinski definition) is 1. The van der Waals surface area contributed by atoms with Crippen molar-refractivity contribution < 1.29 is 34.6 Å². The van der Waals surface area contributed by atoms with Crippen molar-refractivity contribution in [1.29, 1.82) is 0 Å². The third-order valence-corrected chi connectivity index (χ3v) is 7.60. The smallest absolute Gasteiger partial charge is 0.136 e. The fourth-order valence-corrected chi connectivity index (χ4v) is 5.81. The Kier molecular flexibility index (Phi) is 2.73. The molecule has 0 radical (unpaired) electrons. The number of hydrogen-bond donors (Lipinski definition) is 0. The van der Waals surface area contributed by atoms with Crippen LogP contribution in [-0.4, -0.2) is 0 Å². The van der Waals surface area contributed by atoms with Gasteiger partial charge in [-0.05, 0) is 84.3 Å². The first-order valence-corrected chi connectivity index (χ1v) is 13.6. The predicted molar refractivity (Wildman–Crippen MR) is 190 cm³/mol. The van der Waals surface area contributed by atoms with Crippen LogP contribution in [0.3, 0.4) is 0 Å². The van der Waals surface area contributed by atoms with E-state index >= 15 is 0 Å². The van der Waals surface area contributed by atoms with Gasteiger partial charge in [0.15, 0.2) is 0 Å².